The van der Waals surface area contributed by atoms with E-state index < -0.39 is 6.22 Å². The zero-order chi connectivity index (χ0) is 3.58. The van der Waals surface area contributed by atoms with E-state index in [0.29, 0.717) is 0 Å². The summed E-state index contributed by atoms with van der Waals surface area (Å²) in [4.78, 5) is 8.33. The second-order valence-electron chi connectivity index (χ2n) is 0.253. The van der Waals surface area contributed by atoms with Crippen LogP contribution in [0.5, 0.6) is 0 Å². The first-order chi connectivity index (χ1) is 1.73. The molecule has 1 N–H and O–H groups in total. The smallest absolute Gasteiger partial charge is 0.456 e. The summed E-state index contributed by atoms with van der Waals surface area (Å²) in [6.07, 6.45) is -2.33. The van der Waals surface area contributed by atoms with Gasteiger partial charge in [0.2, 0.25) is 0 Å². The van der Waals surface area contributed by atoms with Gasteiger partial charge in [-0.3, -0.25) is 0 Å². The molecule has 0 radical (unpaired) electrons. The van der Waals surface area contributed by atoms with Crippen molar-refractivity contribution in [2.24, 2.45) is 0 Å². The molecule has 0 aliphatic carbocycles. The predicted molar refractivity (Wildman–Crippen MR) is 9.13 cm³/mol. The van der Waals surface area contributed by atoms with Crippen LogP contribution in [0.1, 0.15) is 0 Å². The second kappa shape index (κ2) is 4.74. The molecule has 30 valence electrons. The van der Waals surface area contributed by atoms with Gasteiger partial charge in [0, 0.05) is 40.4 Å². The van der Waals surface area contributed by atoms with Crippen molar-refractivity contribution in [3.63, 3.8) is 0 Å². The van der Waals surface area contributed by atoms with Gasteiger partial charge in [-0.05, 0) is 0 Å². The van der Waals surface area contributed by atoms with Crippen LogP contribution in [0.15, 0.2) is 0 Å². The van der Waals surface area contributed by atoms with Gasteiger partial charge in [0.05, 0.1) is 0 Å². The molecule has 0 rings (SSSR count). The van der Waals surface area contributed by atoms with Crippen LogP contribution in [-0.2, 0) is 0 Å². The molecule has 0 saturated carbocycles. The van der Waals surface area contributed by atoms with Gasteiger partial charge in [-0.25, -0.2) is 4.79 Å². The average Bonchev–Trinajstić information content (AvgIpc) is 0.811. The maximum absolute atomic E-state index is 9.92. The summed E-state index contributed by atoms with van der Waals surface area (Å²) in [5, 5.41) is 6.75. The third-order valence-corrected chi connectivity index (χ3v) is 0. The van der Waals surface area contributed by atoms with Crippen LogP contribution in [0, 0.1) is 40.4 Å². The van der Waals surface area contributed by atoms with E-state index >= 15 is 0 Å². The fourth-order valence-corrected chi connectivity index (χ4v) is 0. The van der Waals surface area contributed by atoms with E-state index in [1.165, 1.54) is 0 Å². The van der Waals surface area contributed by atoms with Crippen molar-refractivity contribution in [1.82, 2.24) is 0 Å². The Morgan fingerprint density at radius 1 is 1.80 bits per heavy atom. The molecule has 2 nitrogen and oxygen atoms in total. The molecular formula is CHFO2Sm. The Kier molecular flexibility index (Phi) is 8.73. The number of rotatable bonds is 0. The molecule has 0 aromatic carbocycles. The van der Waals surface area contributed by atoms with Gasteiger partial charge in [-0.1, -0.05) is 0 Å². The van der Waals surface area contributed by atoms with Gasteiger partial charge < -0.3 is 5.11 Å². The zero-order valence-electron chi connectivity index (χ0n) is 2.14. The van der Waals surface area contributed by atoms with E-state index in [2.05, 4.69) is 0 Å². The normalized spacial score (nSPS) is 5.00. The van der Waals surface area contributed by atoms with Crippen molar-refractivity contribution in [3.8, 4) is 0 Å². The van der Waals surface area contributed by atoms with Gasteiger partial charge >= 0.3 is 6.22 Å². The number of carboxylic acid groups (broad SMARTS) is 1. The van der Waals surface area contributed by atoms with Gasteiger partial charge in [-0.15, -0.1) is 4.39 Å². The minimum absolute atomic E-state index is 0. The van der Waals surface area contributed by atoms with Gasteiger partial charge in [-0.2, -0.15) is 0 Å². The molecule has 0 unspecified atom stereocenters. The summed E-state index contributed by atoms with van der Waals surface area (Å²) in [6, 6.07) is 0. The molecule has 0 saturated heterocycles. The van der Waals surface area contributed by atoms with Crippen molar-refractivity contribution >= 4 is 6.22 Å². The minimum atomic E-state index is -2.33. The summed E-state index contributed by atoms with van der Waals surface area (Å²) >= 11 is 0. The third kappa shape index (κ3) is 65.3. The van der Waals surface area contributed by atoms with E-state index in [9.17, 15) is 4.39 Å². The maximum atomic E-state index is 9.92. The molecule has 0 aliphatic rings. The first kappa shape index (κ1) is 9.22. The Morgan fingerprint density at radius 2 is 1.80 bits per heavy atom. The average molecular weight is 214 g/mol. The van der Waals surface area contributed by atoms with Crippen molar-refractivity contribution in [1.29, 1.82) is 0 Å². The molecule has 4 heteroatoms. The molecule has 0 aromatic heterocycles. The largest absolute Gasteiger partial charge is 0.492 e. The minimum Gasteiger partial charge on any atom is -0.456 e. The Bertz CT molecular complexity index is 32.6. The molecule has 0 bridgehead atoms. The van der Waals surface area contributed by atoms with Crippen LogP contribution in [0.3, 0.4) is 0 Å². The van der Waals surface area contributed by atoms with E-state index in [4.69, 9.17) is 9.90 Å². The van der Waals surface area contributed by atoms with Crippen LogP contribution in [0.25, 0.3) is 0 Å². The topological polar surface area (TPSA) is 37.3 Å². The summed E-state index contributed by atoms with van der Waals surface area (Å²) < 4.78 is 9.92. The Labute approximate surface area is 60.5 Å². The first-order valence-electron chi connectivity index (χ1n) is 0.617. The van der Waals surface area contributed by atoms with Crippen molar-refractivity contribution in [3.05, 3.63) is 0 Å². The van der Waals surface area contributed by atoms with Crippen LogP contribution in [-0.4, -0.2) is 11.3 Å². The van der Waals surface area contributed by atoms with Crippen LogP contribution in [0.2, 0.25) is 0 Å². The fraction of sp³-hybridized carbons (Fsp3) is 0. The van der Waals surface area contributed by atoms with Gasteiger partial charge in [0.1, 0.15) is 0 Å². The number of hydrogen-bond acceptors (Lipinski definition) is 1. The number of carbonyl (C=O) groups is 1. The van der Waals surface area contributed by atoms with Crippen molar-refractivity contribution in [2.45, 2.75) is 0 Å². The SMILES string of the molecule is O=C(O)F.[Sm]. The van der Waals surface area contributed by atoms with E-state index in [1.54, 1.807) is 0 Å². The summed E-state index contributed by atoms with van der Waals surface area (Å²) in [7, 11) is 0. The van der Waals surface area contributed by atoms with E-state index in [0.717, 1.165) is 0 Å². The number of halogens is 1. The molecule has 0 spiro atoms. The fourth-order valence-electron chi connectivity index (χ4n) is 0. The zero-order valence-corrected chi connectivity index (χ0v) is 4.76. The Morgan fingerprint density at radius 3 is 1.80 bits per heavy atom. The summed E-state index contributed by atoms with van der Waals surface area (Å²) in [5.41, 5.74) is 0. The number of hydrogen-bond donors (Lipinski definition) is 1. The van der Waals surface area contributed by atoms with Crippen LogP contribution < -0.4 is 0 Å². The first-order valence-corrected chi connectivity index (χ1v) is 0.617. The second-order valence-corrected chi connectivity index (χ2v) is 0.253. The monoisotopic (exact) mass is 216 g/mol. The summed E-state index contributed by atoms with van der Waals surface area (Å²) in [5.74, 6) is 0. The Hall–Kier alpha value is 0.738. The van der Waals surface area contributed by atoms with E-state index in [1.807, 2.05) is 0 Å². The molecule has 5 heavy (non-hydrogen) atoms. The standard InChI is InChI=1S/CHFO2.Sm/c2-1(3)4;/h(H,3,4);. The van der Waals surface area contributed by atoms with E-state index in [-0.39, 0.29) is 40.4 Å². The molecule has 0 atom stereocenters. The maximum Gasteiger partial charge on any atom is 0.492 e. The predicted octanol–water partition coefficient (Wildman–Crippen LogP) is 0.634. The van der Waals surface area contributed by atoms with Crippen LogP contribution >= 0.6 is 0 Å². The molecule has 0 heterocycles. The van der Waals surface area contributed by atoms with Crippen molar-refractivity contribution in [2.75, 3.05) is 0 Å². The van der Waals surface area contributed by atoms with Crippen LogP contribution in [0.4, 0.5) is 9.18 Å². The molecule has 0 fully saturated rings. The molecular weight excluding hydrogens is 213 g/mol. The van der Waals surface area contributed by atoms with Gasteiger partial charge in [0.15, 0.2) is 0 Å². The third-order valence-electron chi connectivity index (χ3n) is 0. The molecule has 0 aliphatic heterocycles. The summed E-state index contributed by atoms with van der Waals surface area (Å²) in [6.45, 7) is 0. The van der Waals surface area contributed by atoms with Gasteiger partial charge in [0.25, 0.3) is 0 Å². The Balaban J connectivity index is 0. The van der Waals surface area contributed by atoms with Crippen molar-refractivity contribution < 1.29 is 54.7 Å². The molecule has 0 amide bonds. The molecule has 0 aromatic rings. The quantitative estimate of drug-likeness (QED) is 0.601.